The Labute approximate surface area is 271 Å². The van der Waals surface area contributed by atoms with Crippen molar-refractivity contribution in [3.05, 3.63) is 170 Å². The van der Waals surface area contributed by atoms with Crippen molar-refractivity contribution in [3.8, 4) is 5.69 Å². The van der Waals surface area contributed by atoms with E-state index in [1.807, 2.05) is 0 Å². The van der Waals surface area contributed by atoms with Gasteiger partial charge in [-0.2, -0.15) is 0 Å². The predicted octanol–water partition coefficient (Wildman–Crippen LogP) is 12.5. The molecule has 0 saturated heterocycles. The van der Waals surface area contributed by atoms with Gasteiger partial charge in [0.1, 0.15) is 11.2 Å². The van der Waals surface area contributed by atoms with Gasteiger partial charge in [-0.15, -0.1) is 0 Å². The summed E-state index contributed by atoms with van der Waals surface area (Å²) in [5.41, 5.74) is 8.51. The summed E-state index contributed by atoms with van der Waals surface area (Å²) in [5, 5.41) is 9.56. The van der Waals surface area contributed by atoms with Crippen LogP contribution >= 0.6 is 0 Å². The normalized spacial score (nSPS) is 11.8. The second-order valence-electron chi connectivity index (χ2n) is 12.2. The maximum absolute atomic E-state index is 6.69. The van der Waals surface area contributed by atoms with Crippen molar-refractivity contribution in [3.63, 3.8) is 0 Å². The van der Waals surface area contributed by atoms with Crippen molar-refractivity contribution in [2.75, 3.05) is 4.90 Å². The number of rotatable bonds is 4. The first-order valence-electron chi connectivity index (χ1n) is 16.0. The second kappa shape index (κ2) is 10.1. The zero-order valence-electron chi connectivity index (χ0n) is 25.5. The van der Waals surface area contributed by atoms with Gasteiger partial charge >= 0.3 is 0 Å². The molecule has 47 heavy (non-hydrogen) atoms. The quantitative estimate of drug-likeness (QED) is 0.200. The third-order valence-electron chi connectivity index (χ3n) is 9.51. The largest absolute Gasteiger partial charge is 0.456 e. The van der Waals surface area contributed by atoms with Crippen LogP contribution in [0.15, 0.2) is 174 Å². The highest BCUT2D eigenvalue weighted by Gasteiger charge is 2.20. The Morgan fingerprint density at radius 2 is 0.979 bits per heavy atom. The number of fused-ring (bicyclic) bond motifs is 9. The van der Waals surface area contributed by atoms with Crippen molar-refractivity contribution in [1.82, 2.24) is 4.57 Å². The molecule has 0 fully saturated rings. The molecule has 10 aromatic rings. The first-order valence-corrected chi connectivity index (χ1v) is 16.0. The molecule has 0 unspecified atom stereocenters. The Morgan fingerprint density at radius 3 is 1.70 bits per heavy atom. The zero-order chi connectivity index (χ0) is 30.9. The van der Waals surface area contributed by atoms with Crippen LogP contribution in [0, 0.1) is 0 Å². The van der Waals surface area contributed by atoms with Crippen LogP contribution in [0.4, 0.5) is 17.1 Å². The van der Waals surface area contributed by atoms with E-state index in [1.165, 1.54) is 43.4 Å². The average Bonchev–Trinajstić information content (AvgIpc) is 3.67. The fraction of sp³-hybridized carbons (Fsp3) is 0. The molecule has 0 N–H and O–H groups in total. The van der Waals surface area contributed by atoms with E-state index in [0.717, 1.165) is 44.7 Å². The van der Waals surface area contributed by atoms with Crippen LogP contribution in [0.1, 0.15) is 0 Å². The van der Waals surface area contributed by atoms with Gasteiger partial charge in [0.15, 0.2) is 0 Å². The van der Waals surface area contributed by atoms with E-state index in [2.05, 4.69) is 179 Å². The fourth-order valence-corrected chi connectivity index (χ4v) is 7.39. The number of benzene rings is 8. The highest BCUT2D eigenvalue weighted by Crippen LogP contribution is 2.44. The number of hydrogen-bond acceptors (Lipinski definition) is 2. The number of anilines is 3. The smallest absolute Gasteiger partial charge is 0.137 e. The Bertz CT molecular complexity index is 2730. The van der Waals surface area contributed by atoms with Crippen molar-refractivity contribution >= 4 is 82.4 Å². The predicted molar refractivity (Wildman–Crippen MR) is 198 cm³/mol. The molecule has 2 heterocycles. The Balaban J connectivity index is 1.22. The van der Waals surface area contributed by atoms with E-state index >= 15 is 0 Å². The lowest BCUT2D eigenvalue weighted by atomic mass is 10.0. The molecule has 3 nitrogen and oxygen atoms in total. The van der Waals surface area contributed by atoms with Crippen LogP contribution in [0.25, 0.3) is 71.0 Å². The standard InChI is InChI=1S/C44H28N2O/c1-2-14-33(15-3-1)46-39-17-9-8-16-37(39)43-40(46)24-25-41-44(43)38-23-22-36(28-42(38)47-41)45(34-20-18-29-10-4-6-12-31(29)26-34)35-21-19-30-11-5-7-13-32(30)27-35/h1-28H. The molecule has 0 aliphatic carbocycles. The lowest BCUT2D eigenvalue weighted by Gasteiger charge is -2.26. The third kappa shape index (κ3) is 4.00. The zero-order valence-corrected chi connectivity index (χ0v) is 25.5. The molecule has 0 amide bonds. The van der Waals surface area contributed by atoms with Gasteiger partial charge in [0.25, 0.3) is 0 Å². The molecule has 220 valence electrons. The minimum atomic E-state index is 0.869. The van der Waals surface area contributed by atoms with E-state index in [4.69, 9.17) is 4.42 Å². The van der Waals surface area contributed by atoms with Crippen LogP contribution in [-0.2, 0) is 0 Å². The number of para-hydroxylation sites is 2. The second-order valence-corrected chi connectivity index (χ2v) is 12.2. The van der Waals surface area contributed by atoms with Crippen LogP contribution in [-0.4, -0.2) is 4.57 Å². The molecule has 8 aromatic carbocycles. The van der Waals surface area contributed by atoms with Gasteiger partial charge in [-0.25, -0.2) is 0 Å². The summed E-state index contributed by atoms with van der Waals surface area (Å²) >= 11 is 0. The molecule has 10 rings (SSSR count). The molecule has 0 saturated carbocycles. The average molecular weight is 601 g/mol. The molecule has 3 heteroatoms. The van der Waals surface area contributed by atoms with E-state index in [-0.39, 0.29) is 0 Å². The minimum absolute atomic E-state index is 0.869. The van der Waals surface area contributed by atoms with Gasteiger partial charge in [-0.1, -0.05) is 97.1 Å². The van der Waals surface area contributed by atoms with E-state index in [0.29, 0.717) is 0 Å². The molecular weight excluding hydrogens is 572 g/mol. The SMILES string of the molecule is c1ccc(-n2c3ccccc3c3c4c(ccc32)oc2cc(N(c3ccc5ccccc5c3)c3ccc5ccccc5c3)ccc24)cc1. The van der Waals surface area contributed by atoms with Gasteiger partial charge in [0.05, 0.1) is 11.0 Å². The summed E-state index contributed by atoms with van der Waals surface area (Å²) < 4.78 is 9.05. The van der Waals surface area contributed by atoms with Gasteiger partial charge in [0.2, 0.25) is 0 Å². The molecule has 0 aliphatic rings. The van der Waals surface area contributed by atoms with Crippen LogP contribution in [0.5, 0.6) is 0 Å². The molecular formula is C44H28N2O. The molecule has 0 atom stereocenters. The summed E-state index contributed by atoms with van der Waals surface area (Å²) in [6.45, 7) is 0. The molecule has 0 radical (unpaired) electrons. The van der Waals surface area contributed by atoms with E-state index < -0.39 is 0 Å². The maximum Gasteiger partial charge on any atom is 0.137 e. The summed E-state index contributed by atoms with van der Waals surface area (Å²) in [6.07, 6.45) is 0. The molecule has 0 aliphatic heterocycles. The molecule has 2 aromatic heterocycles. The number of hydrogen-bond donors (Lipinski definition) is 0. The molecule has 0 bridgehead atoms. The lowest BCUT2D eigenvalue weighted by molar-refractivity contribution is 0.669. The summed E-state index contributed by atoms with van der Waals surface area (Å²) in [4.78, 5) is 2.34. The van der Waals surface area contributed by atoms with Crippen molar-refractivity contribution in [2.24, 2.45) is 0 Å². The van der Waals surface area contributed by atoms with Crippen LogP contribution in [0.2, 0.25) is 0 Å². The summed E-state index contributed by atoms with van der Waals surface area (Å²) in [5.74, 6) is 0. The number of furan rings is 1. The Hall–Kier alpha value is -6.32. The lowest BCUT2D eigenvalue weighted by Crippen LogP contribution is -2.09. The Morgan fingerprint density at radius 1 is 0.383 bits per heavy atom. The highest BCUT2D eigenvalue weighted by atomic mass is 16.3. The first-order chi connectivity index (χ1) is 23.3. The van der Waals surface area contributed by atoms with Crippen molar-refractivity contribution in [2.45, 2.75) is 0 Å². The number of aromatic nitrogens is 1. The van der Waals surface area contributed by atoms with E-state index in [9.17, 15) is 0 Å². The highest BCUT2D eigenvalue weighted by molar-refractivity contribution is 6.27. The monoisotopic (exact) mass is 600 g/mol. The van der Waals surface area contributed by atoms with Gasteiger partial charge in [0, 0.05) is 50.4 Å². The first kappa shape index (κ1) is 26.0. The number of nitrogens with zero attached hydrogens (tertiary/aromatic N) is 2. The van der Waals surface area contributed by atoms with Crippen LogP contribution < -0.4 is 4.90 Å². The van der Waals surface area contributed by atoms with Gasteiger partial charge in [-0.3, -0.25) is 0 Å². The summed E-state index contributed by atoms with van der Waals surface area (Å²) in [7, 11) is 0. The topological polar surface area (TPSA) is 21.3 Å². The fourth-order valence-electron chi connectivity index (χ4n) is 7.39. The van der Waals surface area contributed by atoms with Gasteiger partial charge in [-0.05, 0) is 88.3 Å². The summed E-state index contributed by atoms with van der Waals surface area (Å²) in [6, 6.07) is 60.7. The molecule has 0 spiro atoms. The van der Waals surface area contributed by atoms with Crippen molar-refractivity contribution in [1.29, 1.82) is 0 Å². The van der Waals surface area contributed by atoms with E-state index in [1.54, 1.807) is 0 Å². The Kier molecular flexibility index (Phi) is 5.57. The minimum Gasteiger partial charge on any atom is -0.456 e. The third-order valence-corrected chi connectivity index (χ3v) is 9.51. The maximum atomic E-state index is 6.69. The van der Waals surface area contributed by atoms with Crippen molar-refractivity contribution < 1.29 is 4.42 Å². The van der Waals surface area contributed by atoms with Gasteiger partial charge < -0.3 is 13.9 Å². The van der Waals surface area contributed by atoms with Crippen LogP contribution in [0.3, 0.4) is 0 Å².